The van der Waals surface area contributed by atoms with Gasteiger partial charge in [0.05, 0.1) is 50.6 Å². The molecule has 381 valence electrons. The van der Waals surface area contributed by atoms with Crippen LogP contribution in [0.1, 0.15) is 192 Å². The molecule has 2 heterocycles. The number of unbranched alkanes of at least 4 members (excludes halogenated alkanes) is 2. The smallest absolute Gasteiger partial charge is 0.414 e. The zero-order chi connectivity index (χ0) is 49.0. The van der Waals surface area contributed by atoms with Gasteiger partial charge in [0.25, 0.3) is 0 Å². The Kier molecular flexibility index (Phi) is 23.2. The van der Waals surface area contributed by atoms with Crippen molar-refractivity contribution in [2.75, 3.05) is 39.3 Å². The fraction of sp³-hybridized carbons (Fsp3) is 0.596. The molecule has 1 radical (unpaired) electrons. The first-order chi connectivity index (χ1) is 30.8. The van der Waals surface area contributed by atoms with Crippen molar-refractivity contribution in [3.8, 4) is 11.5 Å². The number of piperidine rings is 2. The number of benzene rings is 3. The van der Waals surface area contributed by atoms with Crippen LogP contribution >= 0.6 is 0 Å². The molecule has 3 aromatic carbocycles. The summed E-state index contributed by atoms with van der Waals surface area (Å²) in [5.74, 6) is -3.07. The third kappa shape index (κ3) is 18.4. The van der Waals surface area contributed by atoms with Gasteiger partial charge in [-0.3, -0.25) is 9.98 Å². The molecule has 2 saturated heterocycles. The molecule has 6 N–H and O–H groups in total. The van der Waals surface area contributed by atoms with E-state index in [1.807, 2.05) is 12.4 Å². The Morgan fingerprint density at radius 2 is 0.838 bits per heavy atom. The number of phenolic OH excluding ortho intramolecular Hbond substituents is 2. The number of rotatable bonds is 14. The van der Waals surface area contributed by atoms with Gasteiger partial charge >= 0.3 is 11.9 Å². The fourth-order valence-corrected chi connectivity index (χ4v) is 9.12. The van der Waals surface area contributed by atoms with Gasteiger partial charge in [-0.15, -0.1) is 0 Å². The summed E-state index contributed by atoms with van der Waals surface area (Å²) < 4.78 is 0. The van der Waals surface area contributed by atoms with E-state index in [4.69, 9.17) is 29.8 Å². The predicted molar refractivity (Wildman–Crippen MR) is 278 cm³/mol. The minimum atomic E-state index is -1.82. The van der Waals surface area contributed by atoms with Crippen molar-refractivity contribution in [3.63, 3.8) is 0 Å². The van der Waals surface area contributed by atoms with Crippen molar-refractivity contribution >= 4 is 35.7 Å². The largest absolute Gasteiger partial charge is 0.507 e. The first-order valence-corrected chi connectivity index (χ1v) is 24.9. The van der Waals surface area contributed by atoms with Crippen LogP contribution in [0.25, 0.3) is 0 Å². The van der Waals surface area contributed by atoms with Crippen molar-refractivity contribution in [1.29, 1.82) is 0 Å². The zero-order valence-electron chi connectivity index (χ0n) is 44.2. The van der Waals surface area contributed by atoms with Crippen molar-refractivity contribution in [2.24, 2.45) is 9.98 Å². The number of nitrogens with one attached hydrogen (secondary N) is 2. The quantitative estimate of drug-likeness (QED) is 0.0410. The summed E-state index contributed by atoms with van der Waals surface area (Å²) in [7, 11) is 0. The first-order valence-electron chi connectivity index (χ1n) is 24.9. The van der Waals surface area contributed by atoms with Crippen LogP contribution in [0, 0.1) is 7.43 Å². The number of carbonyl (C=O) groups is 2. The molecule has 0 spiro atoms. The van der Waals surface area contributed by atoms with E-state index < -0.39 is 11.9 Å². The maximum Gasteiger partial charge on any atom is 0.414 e. The van der Waals surface area contributed by atoms with Crippen LogP contribution in [0.15, 0.2) is 46.4 Å². The van der Waals surface area contributed by atoms with E-state index in [0.717, 1.165) is 59.3 Å². The van der Waals surface area contributed by atoms with Crippen LogP contribution in [-0.4, -0.2) is 84.1 Å². The molecule has 0 unspecified atom stereocenters. The van der Waals surface area contributed by atoms with Crippen LogP contribution in [0.3, 0.4) is 0 Å². The average Bonchev–Trinajstić information content (AvgIpc) is 3.23. The Morgan fingerprint density at radius 1 is 0.515 bits per heavy atom. The Bertz CT molecular complexity index is 2010. The fourth-order valence-electron chi connectivity index (χ4n) is 9.12. The van der Waals surface area contributed by atoms with E-state index in [1.54, 1.807) is 9.80 Å². The number of hydrogen-bond acceptors (Lipinski definition) is 6. The molecule has 0 aromatic heterocycles. The first kappa shape index (κ1) is 60.1. The van der Waals surface area contributed by atoms with E-state index in [1.165, 1.54) is 113 Å². The topological polar surface area (TPSA) is 149 Å². The number of phenols is 2. The van der Waals surface area contributed by atoms with Gasteiger partial charge in [0.15, 0.2) is 0 Å². The summed E-state index contributed by atoms with van der Waals surface area (Å²) in [6.45, 7) is 34.1. The number of likely N-dealkylation sites (tertiary alicyclic amines) is 2. The normalized spacial score (nSPS) is 15.4. The van der Waals surface area contributed by atoms with Gasteiger partial charge in [-0.1, -0.05) is 95.2 Å². The number of carboxylic acids is 2. The number of carboxylic acid groups (broad SMARTS) is 2. The maximum absolute atomic E-state index is 11.7. The van der Waals surface area contributed by atoms with E-state index >= 15 is 0 Å². The van der Waals surface area contributed by atoms with Crippen molar-refractivity contribution in [1.82, 2.24) is 0 Å². The summed E-state index contributed by atoms with van der Waals surface area (Å²) in [6, 6.07) is 13.1. The number of quaternary nitrogens is 2. The number of hydrogen-bond donors (Lipinski definition) is 6. The molecule has 5 rings (SSSR count). The van der Waals surface area contributed by atoms with Crippen LogP contribution in [0.2, 0.25) is 0 Å². The summed E-state index contributed by atoms with van der Waals surface area (Å²) in [4.78, 5) is 32.2. The molecule has 10 nitrogen and oxygen atoms in total. The molecule has 11 heteroatoms. The van der Waals surface area contributed by atoms with Gasteiger partial charge in [-0.25, -0.2) is 9.59 Å². The molecule has 2 aliphatic heterocycles. The standard InChI is InChI=1S/C54H82N4O2.C2H2O4.CH3.Co/c1-51(2,3)43-31-41(49(59)45(35-43)53(7,8)9)37-55-47-33-39(23-15-21-29-57-25-17-13-18-26-57)40(24-16-22-30-58-27-19-14-20-28-58)34-48(47)56-38-42-32-44(52(4,5)6)36-46(50(42)60)54(10,11)12;3-1(4)2(5)6;;/h31-38,59-60H,13-30H2,1-12H3;(H,3,4)(H,5,6);1H3;/q;;-1;/p+2. The van der Waals surface area contributed by atoms with Gasteiger partial charge < -0.3 is 37.7 Å². The molecule has 2 fully saturated rings. The Hall–Kier alpha value is -4.03. The summed E-state index contributed by atoms with van der Waals surface area (Å²) >= 11 is 0. The Morgan fingerprint density at radius 3 is 1.12 bits per heavy atom. The van der Waals surface area contributed by atoms with Crippen LogP contribution < -0.4 is 9.80 Å². The van der Waals surface area contributed by atoms with Gasteiger partial charge in [-0.2, -0.15) is 0 Å². The molecule has 3 aromatic rings. The van der Waals surface area contributed by atoms with Gasteiger partial charge in [0.1, 0.15) is 11.5 Å². The second-order valence-electron chi connectivity index (χ2n) is 23.2. The molecular weight excluding hydrogens is 896 g/mol. The van der Waals surface area contributed by atoms with Crippen LogP contribution in [0.4, 0.5) is 11.4 Å². The summed E-state index contributed by atoms with van der Waals surface area (Å²) in [5, 5.41) is 38.3. The number of aromatic hydroxyl groups is 2. The minimum absolute atomic E-state index is 0. The molecule has 0 aliphatic carbocycles. The molecule has 0 saturated carbocycles. The van der Waals surface area contributed by atoms with E-state index in [9.17, 15) is 10.2 Å². The van der Waals surface area contributed by atoms with Gasteiger partial charge in [-0.05, 0) is 145 Å². The summed E-state index contributed by atoms with van der Waals surface area (Å²) in [6.07, 6.45) is 18.8. The van der Waals surface area contributed by atoms with Gasteiger partial charge in [0.2, 0.25) is 0 Å². The molecule has 68 heavy (non-hydrogen) atoms. The van der Waals surface area contributed by atoms with Crippen molar-refractivity contribution < 1.29 is 56.6 Å². The average molecular weight is 985 g/mol. The second-order valence-corrected chi connectivity index (χ2v) is 23.2. The van der Waals surface area contributed by atoms with E-state index in [2.05, 4.69) is 119 Å². The second kappa shape index (κ2) is 26.3. The Balaban J connectivity index is 0.00000186. The van der Waals surface area contributed by atoms with Crippen LogP contribution in [-0.2, 0) is 60.9 Å². The third-order valence-corrected chi connectivity index (χ3v) is 13.4. The van der Waals surface area contributed by atoms with E-state index in [-0.39, 0.29) is 57.4 Å². The minimum Gasteiger partial charge on any atom is -0.507 e. The molecule has 0 amide bonds. The molecular formula is C57H89CoN4O6+. The van der Waals surface area contributed by atoms with E-state index in [0.29, 0.717) is 0 Å². The third-order valence-electron chi connectivity index (χ3n) is 13.4. The SMILES string of the molecule is CC(C)(C)c1cc(C=Nc2cc(CCCC[NH+]3CCCCC3)c(CCCC[NH+]3CCCCC3)cc2N=Cc2cc(C(C)(C)C)cc(C(C)(C)C)c2O)c(O)c(C(C)(C)C)c1.O=C(O)C(=O)O.[CH3-].[Co]. The Labute approximate surface area is 421 Å². The summed E-state index contributed by atoms with van der Waals surface area (Å²) in [5.41, 5.74) is 9.32. The van der Waals surface area contributed by atoms with Gasteiger partial charge in [0, 0.05) is 51.5 Å². The number of aliphatic imine (C=N–C) groups is 2. The van der Waals surface area contributed by atoms with Crippen molar-refractivity contribution in [2.45, 2.75) is 182 Å². The molecule has 2 aliphatic rings. The zero-order valence-corrected chi connectivity index (χ0v) is 45.2. The van der Waals surface area contributed by atoms with Crippen molar-refractivity contribution in [3.05, 3.63) is 88.3 Å². The molecule has 0 bridgehead atoms. The number of aliphatic carboxylic acids is 2. The monoisotopic (exact) mass is 985 g/mol. The maximum atomic E-state index is 11.7. The number of nitrogens with zero attached hydrogens (tertiary/aromatic N) is 2. The molecule has 0 atom stereocenters. The number of aryl methyl sites for hydroxylation is 2. The predicted octanol–water partition coefficient (Wildman–Crippen LogP) is 10.2. The van der Waals surface area contributed by atoms with Crippen LogP contribution in [0.5, 0.6) is 11.5 Å².